The molecule has 0 saturated carbocycles. The summed E-state index contributed by atoms with van der Waals surface area (Å²) in [5, 5.41) is 0. The van der Waals surface area contributed by atoms with Gasteiger partial charge in [-0.25, -0.2) is 4.99 Å². The first-order chi connectivity index (χ1) is 9.41. The summed E-state index contributed by atoms with van der Waals surface area (Å²) in [5.74, 6) is 0. The van der Waals surface area contributed by atoms with Crippen molar-refractivity contribution in [3.8, 4) is 0 Å². The third-order valence-corrected chi connectivity index (χ3v) is 3.55. The Bertz CT molecular complexity index is 659. The van der Waals surface area contributed by atoms with Crippen LogP contribution in [0.1, 0.15) is 16.7 Å². The fourth-order valence-electron chi connectivity index (χ4n) is 2.61. The molecular formula is C14H11F3N2O. The highest BCUT2D eigenvalue weighted by Crippen LogP contribution is 2.46. The van der Waals surface area contributed by atoms with E-state index >= 15 is 0 Å². The molecule has 0 N–H and O–H groups in total. The standard InChI is InChI=1S/C14H11F3N2O/c1-19-4-2-3-9-10-5-8(7-20)18-13(10)11(6-12(9)19)14(15,16)17/h2-3,6-7H,4-5H2,1H3. The molecule has 2 aliphatic heterocycles. The van der Waals surface area contributed by atoms with E-state index in [0.29, 0.717) is 24.1 Å². The predicted molar refractivity (Wildman–Crippen MR) is 70.6 cm³/mol. The van der Waals surface area contributed by atoms with Gasteiger partial charge in [0.2, 0.25) is 0 Å². The third kappa shape index (κ3) is 1.83. The van der Waals surface area contributed by atoms with Crippen molar-refractivity contribution in [2.45, 2.75) is 12.6 Å². The number of hydrogen-bond donors (Lipinski definition) is 0. The fraction of sp³-hybridized carbons (Fsp3) is 0.286. The number of fused-ring (bicyclic) bond motifs is 3. The average molecular weight is 280 g/mol. The summed E-state index contributed by atoms with van der Waals surface area (Å²) in [6.45, 7) is 0.560. The molecule has 3 rings (SSSR count). The van der Waals surface area contributed by atoms with Gasteiger partial charge in [0, 0.05) is 31.3 Å². The molecule has 20 heavy (non-hydrogen) atoms. The average Bonchev–Trinajstić information content (AvgIpc) is 2.81. The number of carbonyl (C=O) groups is 1. The molecule has 0 spiro atoms. The summed E-state index contributed by atoms with van der Waals surface area (Å²) in [7, 11) is 1.74. The van der Waals surface area contributed by atoms with Gasteiger partial charge in [-0.2, -0.15) is 13.2 Å². The summed E-state index contributed by atoms with van der Waals surface area (Å²) in [4.78, 5) is 16.4. The van der Waals surface area contributed by atoms with Crippen LogP contribution in [0.15, 0.2) is 17.1 Å². The zero-order chi connectivity index (χ0) is 14.5. The van der Waals surface area contributed by atoms with E-state index in [1.54, 1.807) is 18.0 Å². The lowest BCUT2D eigenvalue weighted by molar-refractivity contribution is -0.137. The maximum Gasteiger partial charge on any atom is 0.418 e. The van der Waals surface area contributed by atoms with Gasteiger partial charge in [0.1, 0.15) is 0 Å². The van der Waals surface area contributed by atoms with Gasteiger partial charge in [-0.1, -0.05) is 12.2 Å². The fourth-order valence-corrected chi connectivity index (χ4v) is 2.61. The Morgan fingerprint density at radius 3 is 2.80 bits per heavy atom. The van der Waals surface area contributed by atoms with E-state index in [-0.39, 0.29) is 17.8 Å². The van der Waals surface area contributed by atoms with Crippen molar-refractivity contribution in [3.05, 3.63) is 28.8 Å². The first-order valence-corrected chi connectivity index (χ1v) is 6.09. The number of carbonyl (C=O) groups excluding carboxylic acids is 1. The van der Waals surface area contributed by atoms with Crippen LogP contribution in [0, 0.1) is 0 Å². The second-order valence-corrected chi connectivity index (χ2v) is 4.86. The molecule has 0 unspecified atom stereocenters. The molecule has 1 aromatic carbocycles. The van der Waals surface area contributed by atoms with Crippen molar-refractivity contribution in [2.24, 2.45) is 4.99 Å². The van der Waals surface area contributed by atoms with Crippen LogP contribution < -0.4 is 4.90 Å². The molecule has 1 aromatic rings. The van der Waals surface area contributed by atoms with Crippen molar-refractivity contribution >= 4 is 29.4 Å². The Kier molecular flexibility index (Phi) is 2.70. The Morgan fingerprint density at radius 2 is 2.15 bits per heavy atom. The molecule has 0 atom stereocenters. The molecule has 6 heteroatoms. The van der Waals surface area contributed by atoms with Crippen LogP contribution in [0.2, 0.25) is 0 Å². The quantitative estimate of drug-likeness (QED) is 0.741. The van der Waals surface area contributed by atoms with Crippen LogP contribution in [-0.2, 0) is 17.4 Å². The second kappa shape index (κ2) is 4.19. The maximum atomic E-state index is 13.2. The minimum atomic E-state index is -4.48. The highest BCUT2D eigenvalue weighted by Gasteiger charge is 2.38. The van der Waals surface area contributed by atoms with E-state index < -0.39 is 11.7 Å². The molecule has 2 heterocycles. The van der Waals surface area contributed by atoms with Gasteiger partial charge in [0.25, 0.3) is 0 Å². The minimum Gasteiger partial charge on any atom is -0.370 e. The number of rotatable bonds is 1. The van der Waals surface area contributed by atoms with Crippen LogP contribution >= 0.6 is 0 Å². The van der Waals surface area contributed by atoms with E-state index in [1.165, 1.54) is 0 Å². The van der Waals surface area contributed by atoms with Crippen LogP contribution in [0.5, 0.6) is 0 Å². The number of anilines is 1. The Labute approximate surface area is 113 Å². The predicted octanol–water partition coefficient (Wildman–Crippen LogP) is 3.00. The number of aldehydes is 1. The van der Waals surface area contributed by atoms with Gasteiger partial charge in [0.05, 0.1) is 17.0 Å². The lowest BCUT2D eigenvalue weighted by atomic mass is 9.94. The number of hydrogen-bond acceptors (Lipinski definition) is 3. The number of likely N-dealkylation sites (N-methyl/N-ethyl adjacent to an activating group) is 1. The zero-order valence-corrected chi connectivity index (χ0v) is 10.7. The molecule has 104 valence electrons. The SMILES string of the molecule is CN1CC=Cc2c1cc(C(F)(F)F)c1c2CC(C=O)=N1. The summed E-state index contributed by atoms with van der Waals surface area (Å²) >= 11 is 0. The smallest absolute Gasteiger partial charge is 0.370 e. The molecule has 0 aliphatic carbocycles. The number of alkyl halides is 3. The van der Waals surface area contributed by atoms with E-state index in [9.17, 15) is 18.0 Å². The summed E-state index contributed by atoms with van der Waals surface area (Å²) < 4.78 is 39.5. The van der Waals surface area contributed by atoms with Crippen LogP contribution in [-0.4, -0.2) is 25.6 Å². The molecule has 0 bridgehead atoms. The van der Waals surface area contributed by atoms with Gasteiger partial charge in [-0.15, -0.1) is 0 Å². The van der Waals surface area contributed by atoms with Gasteiger partial charge in [-0.3, -0.25) is 4.79 Å². The highest BCUT2D eigenvalue weighted by atomic mass is 19.4. The Hall–Kier alpha value is -2.11. The van der Waals surface area contributed by atoms with Gasteiger partial charge in [-0.05, 0) is 11.6 Å². The first kappa shape index (κ1) is 12.9. The topological polar surface area (TPSA) is 32.7 Å². The lowest BCUT2D eigenvalue weighted by Gasteiger charge is -2.27. The first-order valence-electron chi connectivity index (χ1n) is 6.09. The molecular weight excluding hydrogens is 269 g/mol. The summed E-state index contributed by atoms with van der Waals surface area (Å²) in [5.41, 5.74) is 0.993. The molecule has 0 radical (unpaired) electrons. The molecule has 0 amide bonds. The van der Waals surface area contributed by atoms with Crippen LogP contribution in [0.25, 0.3) is 6.08 Å². The second-order valence-electron chi connectivity index (χ2n) is 4.86. The Morgan fingerprint density at radius 1 is 1.40 bits per heavy atom. The molecule has 0 fully saturated rings. The molecule has 2 aliphatic rings. The van der Waals surface area contributed by atoms with E-state index in [2.05, 4.69) is 4.99 Å². The zero-order valence-electron chi connectivity index (χ0n) is 10.7. The van der Waals surface area contributed by atoms with E-state index in [0.717, 1.165) is 11.6 Å². The van der Waals surface area contributed by atoms with Crippen LogP contribution in [0.3, 0.4) is 0 Å². The largest absolute Gasteiger partial charge is 0.418 e. The normalized spacial score (nSPS) is 16.8. The summed E-state index contributed by atoms with van der Waals surface area (Å²) in [6.07, 6.45) is -0.124. The van der Waals surface area contributed by atoms with Crippen molar-refractivity contribution in [2.75, 3.05) is 18.5 Å². The van der Waals surface area contributed by atoms with Crippen molar-refractivity contribution in [1.82, 2.24) is 0 Å². The van der Waals surface area contributed by atoms with Gasteiger partial charge in [0.15, 0.2) is 6.29 Å². The summed E-state index contributed by atoms with van der Waals surface area (Å²) in [6, 6.07) is 1.12. The number of nitrogens with zero attached hydrogens (tertiary/aromatic N) is 2. The van der Waals surface area contributed by atoms with Crippen molar-refractivity contribution in [3.63, 3.8) is 0 Å². The van der Waals surface area contributed by atoms with Gasteiger partial charge >= 0.3 is 6.18 Å². The van der Waals surface area contributed by atoms with E-state index in [1.807, 2.05) is 6.08 Å². The monoisotopic (exact) mass is 280 g/mol. The number of halogens is 3. The molecule has 0 saturated heterocycles. The van der Waals surface area contributed by atoms with Gasteiger partial charge < -0.3 is 4.90 Å². The Balaban J connectivity index is 2.30. The van der Waals surface area contributed by atoms with Crippen molar-refractivity contribution in [1.29, 1.82) is 0 Å². The van der Waals surface area contributed by atoms with Crippen LogP contribution in [0.4, 0.5) is 24.5 Å². The number of benzene rings is 1. The van der Waals surface area contributed by atoms with Crippen molar-refractivity contribution < 1.29 is 18.0 Å². The third-order valence-electron chi connectivity index (χ3n) is 3.55. The lowest BCUT2D eigenvalue weighted by Crippen LogP contribution is -2.22. The minimum absolute atomic E-state index is 0.113. The molecule has 3 nitrogen and oxygen atoms in total. The number of aliphatic imine (C=N–C) groups is 1. The highest BCUT2D eigenvalue weighted by molar-refractivity contribution is 6.31. The maximum absolute atomic E-state index is 13.2. The molecule has 0 aromatic heterocycles. The van der Waals surface area contributed by atoms with E-state index in [4.69, 9.17) is 0 Å².